The topological polar surface area (TPSA) is 106 Å². The van der Waals surface area contributed by atoms with Crippen molar-refractivity contribution in [2.45, 2.75) is 37.7 Å². The minimum atomic E-state index is -0.451. The van der Waals surface area contributed by atoms with Crippen molar-refractivity contribution < 1.29 is 19.1 Å². The summed E-state index contributed by atoms with van der Waals surface area (Å²) in [5.41, 5.74) is 3.17. The van der Waals surface area contributed by atoms with Crippen molar-refractivity contribution in [1.82, 2.24) is 25.0 Å². The van der Waals surface area contributed by atoms with E-state index < -0.39 is 5.92 Å². The van der Waals surface area contributed by atoms with Gasteiger partial charge in [0.2, 0.25) is 11.8 Å². The first-order valence-corrected chi connectivity index (χ1v) is 11.5. The Bertz CT molecular complexity index is 1180. The molecule has 1 aromatic carbocycles. The van der Waals surface area contributed by atoms with Crippen LogP contribution >= 0.6 is 11.3 Å². The van der Waals surface area contributed by atoms with Crippen LogP contribution in [-0.2, 0) is 16.6 Å². The third-order valence-electron chi connectivity index (χ3n) is 6.09. The second kappa shape index (κ2) is 8.34. The summed E-state index contributed by atoms with van der Waals surface area (Å²) in [6, 6.07) is 5.74. The number of ether oxygens (including phenoxy) is 1. The summed E-state index contributed by atoms with van der Waals surface area (Å²) < 4.78 is 8.09. The van der Waals surface area contributed by atoms with Crippen molar-refractivity contribution in [3.05, 3.63) is 40.5 Å². The number of amides is 3. The molecule has 1 atom stereocenters. The predicted molar refractivity (Wildman–Crippen MR) is 118 cm³/mol. The highest BCUT2D eigenvalue weighted by Gasteiger charge is 2.32. The van der Waals surface area contributed by atoms with E-state index in [2.05, 4.69) is 15.4 Å². The first kappa shape index (κ1) is 20.6. The molecule has 3 aromatic rings. The average molecular weight is 454 g/mol. The lowest BCUT2D eigenvalue weighted by Gasteiger charge is -2.32. The van der Waals surface area contributed by atoms with Crippen LogP contribution in [0.3, 0.4) is 0 Å². The smallest absolute Gasteiger partial charge is 0.265 e. The summed E-state index contributed by atoms with van der Waals surface area (Å²) in [5, 5.41) is 7.88. The summed E-state index contributed by atoms with van der Waals surface area (Å²) in [6.07, 6.45) is 3.83. The lowest BCUT2D eigenvalue weighted by Crippen LogP contribution is -2.41. The van der Waals surface area contributed by atoms with Gasteiger partial charge in [-0.3, -0.25) is 29.4 Å². The fourth-order valence-electron chi connectivity index (χ4n) is 4.47. The van der Waals surface area contributed by atoms with E-state index in [4.69, 9.17) is 4.74 Å². The Morgan fingerprint density at radius 3 is 2.75 bits per heavy atom. The molecular weight excluding hydrogens is 430 g/mol. The van der Waals surface area contributed by atoms with E-state index >= 15 is 0 Å². The minimum absolute atomic E-state index is 0.0138. The quantitative estimate of drug-likeness (QED) is 0.607. The third-order valence-corrected chi connectivity index (χ3v) is 6.85. The fraction of sp³-hybridized carbons (Fsp3) is 0.409. The molecular formula is C22H23N5O4S. The molecule has 1 N–H and O–H groups in total. The zero-order valence-electron chi connectivity index (χ0n) is 17.6. The number of nitrogens with one attached hydrogen (secondary N) is 1. The van der Waals surface area contributed by atoms with Crippen LogP contribution in [0.4, 0.5) is 0 Å². The monoisotopic (exact) mass is 453 g/mol. The fourth-order valence-corrected chi connectivity index (χ4v) is 5.06. The molecule has 0 radical (unpaired) electrons. The summed E-state index contributed by atoms with van der Waals surface area (Å²) in [6.45, 7) is 1.26. The zero-order chi connectivity index (χ0) is 22.2. The lowest BCUT2D eigenvalue weighted by atomic mass is 9.93. The van der Waals surface area contributed by atoms with Crippen LogP contribution in [0.5, 0.6) is 5.75 Å². The van der Waals surface area contributed by atoms with Crippen molar-refractivity contribution in [3.63, 3.8) is 0 Å². The lowest BCUT2D eigenvalue weighted by molar-refractivity contribution is -0.134. The SMILES string of the molecule is Cn1nc(C2CCC(=O)NC2=O)c2cccc(OC3CCN(C(=O)c4cncs4)CC3)c21. The Kier molecular flexibility index (Phi) is 5.38. The molecule has 2 aliphatic rings. The Morgan fingerprint density at radius 1 is 1.22 bits per heavy atom. The van der Waals surface area contributed by atoms with E-state index in [0.29, 0.717) is 42.3 Å². The average Bonchev–Trinajstić information content (AvgIpc) is 3.43. The number of aryl methyl sites for hydroxylation is 1. The second-order valence-electron chi connectivity index (χ2n) is 8.14. The number of para-hydroxylation sites is 1. The number of hydrogen-bond acceptors (Lipinski definition) is 7. The van der Waals surface area contributed by atoms with Gasteiger partial charge in [-0.25, -0.2) is 0 Å². The first-order chi connectivity index (χ1) is 15.5. The van der Waals surface area contributed by atoms with Crippen molar-refractivity contribution in [2.75, 3.05) is 13.1 Å². The molecule has 9 nitrogen and oxygen atoms in total. The molecule has 0 bridgehead atoms. The van der Waals surface area contributed by atoms with Gasteiger partial charge in [-0.1, -0.05) is 12.1 Å². The number of rotatable bonds is 4. The van der Waals surface area contributed by atoms with Crippen LogP contribution in [-0.4, -0.2) is 56.6 Å². The number of carbonyl (C=O) groups is 3. The van der Waals surface area contributed by atoms with Gasteiger partial charge in [0.25, 0.3) is 5.91 Å². The Balaban J connectivity index is 1.32. The first-order valence-electron chi connectivity index (χ1n) is 10.6. The molecule has 2 fully saturated rings. The number of likely N-dealkylation sites (tertiary alicyclic amines) is 1. The normalized spacial score (nSPS) is 19.9. The molecule has 0 aliphatic carbocycles. The van der Waals surface area contributed by atoms with Crippen molar-refractivity contribution in [3.8, 4) is 5.75 Å². The third kappa shape index (κ3) is 3.75. The molecule has 0 saturated carbocycles. The molecule has 2 aliphatic heterocycles. The Labute approximate surface area is 188 Å². The van der Waals surface area contributed by atoms with Gasteiger partial charge in [-0.05, 0) is 12.5 Å². The van der Waals surface area contributed by atoms with Crippen LogP contribution in [0, 0.1) is 0 Å². The maximum atomic E-state index is 12.5. The van der Waals surface area contributed by atoms with Gasteiger partial charge >= 0.3 is 0 Å². The van der Waals surface area contributed by atoms with Crippen LogP contribution in [0.2, 0.25) is 0 Å². The maximum Gasteiger partial charge on any atom is 0.265 e. The highest BCUT2D eigenvalue weighted by Crippen LogP contribution is 2.35. The van der Waals surface area contributed by atoms with E-state index in [0.717, 1.165) is 23.7 Å². The molecule has 1 unspecified atom stereocenters. The van der Waals surface area contributed by atoms with Gasteiger partial charge in [0, 0.05) is 44.8 Å². The van der Waals surface area contributed by atoms with Crippen LogP contribution in [0.25, 0.3) is 10.9 Å². The minimum Gasteiger partial charge on any atom is -0.488 e. The molecule has 5 rings (SSSR count). The van der Waals surface area contributed by atoms with Gasteiger partial charge in [0.15, 0.2) is 0 Å². The van der Waals surface area contributed by atoms with Crippen molar-refractivity contribution in [1.29, 1.82) is 0 Å². The highest BCUT2D eigenvalue weighted by molar-refractivity contribution is 7.11. The van der Waals surface area contributed by atoms with E-state index in [1.165, 1.54) is 11.3 Å². The van der Waals surface area contributed by atoms with Crippen LogP contribution in [0.15, 0.2) is 29.9 Å². The van der Waals surface area contributed by atoms with Crippen molar-refractivity contribution in [2.24, 2.45) is 7.05 Å². The molecule has 2 aromatic heterocycles. The number of thiazole rings is 1. The molecule has 32 heavy (non-hydrogen) atoms. The van der Waals surface area contributed by atoms with Crippen LogP contribution in [0.1, 0.15) is 47.0 Å². The number of imide groups is 1. The summed E-state index contributed by atoms with van der Waals surface area (Å²) in [4.78, 5) is 42.9. The number of benzene rings is 1. The highest BCUT2D eigenvalue weighted by atomic mass is 32.1. The summed E-state index contributed by atoms with van der Waals surface area (Å²) >= 11 is 1.35. The number of aromatic nitrogens is 3. The maximum absolute atomic E-state index is 12.5. The van der Waals surface area contributed by atoms with Gasteiger partial charge in [-0.2, -0.15) is 5.10 Å². The van der Waals surface area contributed by atoms with E-state index in [9.17, 15) is 14.4 Å². The van der Waals surface area contributed by atoms with Crippen molar-refractivity contribution >= 4 is 40.0 Å². The second-order valence-corrected chi connectivity index (χ2v) is 9.03. The molecule has 166 valence electrons. The number of nitrogens with zero attached hydrogens (tertiary/aromatic N) is 4. The predicted octanol–water partition coefficient (Wildman–Crippen LogP) is 2.23. The standard InChI is InChI=1S/C22H23N5O4S/c1-26-20-14(19(25-26)15-5-6-18(28)24-21(15)29)3-2-4-16(20)31-13-7-9-27(10-8-13)22(30)17-11-23-12-32-17/h2-4,11-13,15H,5-10H2,1H3,(H,24,28,29). The summed E-state index contributed by atoms with van der Waals surface area (Å²) in [5.74, 6) is -0.259. The van der Waals surface area contributed by atoms with Gasteiger partial charge < -0.3 is 9.64 Å². The Hall–Kier alpha value is -3.27. The van der Waals surface area contributed by atoms with E-state index in [-0.39, 0.29) is 23.8 Å². The van der Waals surface area contributed by atoms with Gasteiger partial charge in [0.05, 0.1) is 23.3 Å². The molecule has 3 amide bonds. The molecule has 4 heterocycles. The van der Waals surface area contributed by atoms with Gasteiger partial charge in [-0.15, -0.1) is 11.3 Å². The Morgan fingerprint density at radius 2 is 2.03 bits per heavy atom. The van der Waals surface area contributed by atoms with Crippen LogP contribution < -0.4 is 10.1 Å². The van der Waals surface area contributed by atoms with E-state index in [1.807, 2.05) is 30.1 Å². The van der Waals surface area contributed by atoms with E-state index in [1.54, 1.807) is 16.4 Å². The largest absolute Gasteiger partial charge is 0.488 e. The molecule has 10 heteroatoms. The summed E-state index contributed by atoms with van der Waals surface area (Å²) in [7, 11) is 1.83. The number of carbonyl (C=O) groups excluding carboxylic acids is 3. The van der Waals surface area contributed by atoms with Gasteiger partial charge in [0.1, 0.15) is 22.2 Å². The number of piperidine rings is 2. The molecule has 2 saturated heterocycles. The number of hydrogen-bond donors (Lipinski definition) is 1. The number of fused-ring (bicyclic) bond motifs is 1. The zero-order valence-corrected chi connectivity index (χ0v) is 18.4. The molecule has 0 spiro atoms.